The van der Waals surface area contributed by atoms with Gasteiger partial charge in [0.1, 0.15) is 0 Å². The van der Waals surface area contributed by atoms with Gasteiger partial charge in [0, 0.05) is 6.54 Å². The Kier molecular flexibility index (Phi) is 13.8. The Balaban J connectivity index is 0.00000400. The predicted molar refractivity (Wildman–Crippen MR) is 98.1 cm³/mol. The Morgan fingerprint density at radius 2 is 1.48 bits per heavy atom. The van der Waals surface area contributed by atoms with E-state index in [1.807, 2.05) is 6.08 Å². The minimum atomic E-state index is 0. The van der Waals surface area contributed by atoms with Gasteiger partial charge >= 0.3 is 0 Å². The van der Waals surface area contributed by atoms with E-state index < -0.39 is 0 Å². The van der Waals surface area contributed by atoms with Crippen LogP contribution in [-0.4, -0.2) is 17.5 Å². The van der Waals surface area contributed by atoms with Crippen molar-refractivity contribution in [2.75, 3.05) is 6.54 Å². The molecule has 0 N–H and O–H groups in total. The number of hydrogen-bond donors (Lipinski definition) is 0. The van der Waals surface area contributed by atoms with Gasteiger partial charge in [0.2, 0.25) is 0 Å². The van der Waals surface area contributed by atoms with Crippen molar-refractivity contribution in [1.29, 1.82) is 0 Å². The van der Waals surface area contributed by atoms with Crippen molar-refractivity contribution in [2.45, 2.75) is 77.2 Å². The van der Waals surface area contributed by atoms with E-state index in [9.17, 15) is 0 Å². The topological polar surface area (TPSA) is 3.24 Å². The quantitative estimate of drug-likeness (QED) is 0.303. The van der Waals surface area contributed by atoms with Gasteiger partial charge in [0.25, 0.3) is 0 Å². The zero-order valence-electron chi connectivity index (χ0n) is 13.8. The second-order valence-corrected chi connectivity index (χ2v) is 5.87. The van der Waals surface area contributed by atoms with Crippen LogP contribution in [0.2, 0.25) is 0 Å². The highest BCUT2D eigenvalue weighted by molar-refractivity contribution is 5.85. The first-order chi connectivity index (χ1) is 9.88. The van der Waals surface area contributed by atoms with Crippen molar-refractivity contribution < 1.29 is 0 Å². The number of rotatable bonds is 12. The maximum atomic E-state index is 3.91. The van der Waals surface area contributed by atoms with Gasteiger partial charge in [-0.15, -0.1) is 19.0 Å². The van der Waals surface area contributed by atoms with Crippen LogP contribution >= 0.6 is 12.4 Å². The molecule has 1 nitrogen and oxygen atoms in total. The van der Waals surface area contributed by atoms with E-state index in [2.05, 4.69) is 42.8 Å². The number of allylic oxidation sites excluding steroid dienone is 2. The third-order valence-electron chi connectivity index (χ3n) is 4.09. The average molecular weight is 312 g/mol. The molecule has 21 heavy (non-hydrogen) atoms. The standard InChI is InChI=1S/C19H33N.ClH/c1-3-5-6-7-8-9-10-11-12-14-17-20-18-15-13-16-19(20)4-2;/h4,13,15-16,18-19H,2-3,5-12,14,17H2,1H3;1H. The van der Waals surface area contributed by atoms with Gasteiger partial charge in [0.15, 0.2) is 0 Å². The highest BCUT2D eigenvalue weighted by Crippen LogP contribution is 2.13. The van der Waals surface area contributed by atoms with E-state index in [0.29, 0.717) is 6.04 Å². The van der Waals surface area contributed by atoms with Crippen molar-refractivity contribution in [1.82, 2.24) is 4.90 Å². The Hall–Kier alpha value is -0.690. The fourth-order valence-corrected chi connectivity index (χ4v) is 2.77. The highest BCUT2D eigenvalue weighted by Gasteiger charge is 2.09. The molecular formula is C19H34ClN. The molecule has 0 fully saturated rings. The number of nitrogens with zero attached hydrogens (tertiary/aromatic N) is 1. The molecule has 1 unspecified atom stereocenters. The molecule has 1 aliphatic rings. The molecule has 0 aromatic carbocycles. The predicted octanol–water partition coefficient (Wildman–Crippen LogP) is 6.27. The van der Waals surface area contributed by atoms with Crippen LogP contribution < -0.4 is 0 Å². The van der Waals surface area contributed by atoms with Gasteiger partial charge in [-0.1, -0.05) is 82.9 Å². The smallest absolute Gasteiger partial charge is 0.0652 e. The van der Waals surface area contributed by atoms with E-state index in [4.69, 9.17) is 0 Å². The lowest BCUT2D eigenvalue weighted by Crippen LogP contribution is -2.29. The molecule has 0 aliphatic carbocycles. The summed E-state index contributed by atoms with van der Waals surface area (Å²) in [6, 6.07) is 0.401. The van der Waals surface area contributed by atoms with E-state index >= 15 is 0 Å². The fourth-order valence-electron chi connectivity index (χ4n) is 2.77. The number of halogens is 1. The maximum Gasteiger partial charge on any atom is 0.0652 e. The first-order valence-electron chi connectivity index (χ1n) is 8.61. The molecule has 0 aromatic heterocycles. The summed E-state index contributed by atoms with van der Waals surface area (Å²) in [6.07, 6.45) is 24.7. The molecule has 0 spiro atoms. The summed E-state index contributed by atoms with van der Waals surface area (Å²) in [5.74, 6) is 0. The van der Waals surface area contributed by atoms with Crippen LogP contribution in [0.5, 0.6) is 0 Å². The molecule has 1 atom stereocenters. The van der Waals surface area contributed by atoms with Gasteiger partial charge in [-0.2, -0.15) is 0 Å². The zero-order valence-corrected chi connectivity index (χ0v) is 14.6. The summed E-state index contributed by atoms with van der Waals surface area (Å²) in [5, 5.41) is 0. The summed E-state index contributed by atoms with van der Waals surface area (Å²) in [6.45, 7) is 7.35. The van der Waals surface area contributed by atoms with Crippen LogP contribution in [0.25, 0.3) is 0 Å². The van der Waals surface area contributed by atoms with Crippen molar-refractivity contribution >= 4 is 12.4 Å². The molecule has 0 saturated carbocycles. The third-order valence-corrected chi connectivity index (χ3v) is 4.09. The molecule has 0 amide bonds. The average Bonchev–Trinajstić information content (AvgIpc) is 2.49. The first-order valence-corrected chi connectivity index (χ1v) is 8.61. The van der Waals surface area contributed by atoms with Gasteiger partial charge in [-0.05, 0) is 18.7 Å². The molecule has 122 valence electrons. The molecule has 0 aromatic rings. The van der Waals surface area contributed by atoms with Crippen molar-refractivity contribution in [3.63, 3.8) is 0 Å². The molecule has 0 radical (unpaired) electrons. The lowest BCUT2D eigenvalue weighted by molar-refractivity contribution is 0.343. The lowest BCUT2D eigenvalue weighted by Gasteiger charge is -2.28. The molecule has 1 rings (SSSR count). The molecule has 1 aliphatic heterocycles. The molecule has 0 saturated heterocycles. The largest absolute Gasteiger partial charge is 0.368 e. The highest BCUT2D eigenvalue weighted by atomic mass is 35.5. The summed E-state index contributed by atoms with van der Waals surface area (Å²) in [7, 11) is 0. The molecule has 2 heteroatoms. The van der Waals surface area contributed by atoms with E-state index in [-0.39, 0.29) is 12.4 Å². The molecule has 1 heterocycles. The van der Waals surface area contributed by atoms with Gasteiger partial charge in [-0.25, -0.2) is 0 Å². The minimum Gasteiger partial charge on any atom is -0.368 e. The minimum absolute atomic E-state index is 0. The van der Waals surface area contributed by atoms with Gasteiger partial charge < -0.3 is 4.90 Å². The Morgan fingerprint density at radius 3 is 2.05 bits per heavy atom. The van der Waals surface area contributed by atoms with Crippen LogP contribution in [0.3, 0.4) is 0 Å². The van der Waals surface area contributed by atoms with Crippen LogP contribution in [0.4, 0.5) is 0 Å². The Labute approximate surface area is 138 Å². The third kappa shape index (κ3) is 9.79. The lowest BCUT2D eigenvalue weighted by atomic mass is 10.1. The monoisotopic (exact) mass is 311 g/mol. The van der Waals surface area contributed by atoms with E-state index in [1.54, 1.807) is 0 Å². The van der Waals surface area contributed by atoms with Crippen LogP contribution in [0.15, 0.2) is 37.1 Å². The van der Waals surface area contributed by atoms with Crippen molar-refractivity contribution in [2.24, 2.45) is 0 Å². The van der Waals surface area contributed by atoms with Crippen molar-refractivity contribution in [3.8, 4) is 0 Å². The Morgan fingerprint density at radius 1 is 0.905 bits per heavy atom. The first kappa shape index (κ1) is 20.3. The molecular weight excluding hydrogens is 278 g/mol. The van der Waals surface area contributed by atoms with Gasteiger partial charge in [0.05, 0.1) is 6.04 Å². The summed E-state index contributed by atoms with van der Waals surface area (Å²) < 4.78 is 0. The van der Waals surface area contributed by atoms with E-state index in [1.165, 1.54) is 64.2 Å². The van der Waals surface area contributed by atoms with Crippen LogP contribution in [0.1, 0.15) is 71.1 Å². The fraction of sp³-hybridized carbons (Fsp3) is 0.684. The number of unbranched alkanes of at least 4 members (excludes halogenated alkanes) is 9. The second-order valence-electron chi connectivity index (χ2n) is 5.87. The normalized spacial score (nSPS) is 16.8. The SMILES string of the molecule is C=CC1C=CC=CN1CCCCCCCCCCCC.Cl. The molecule has 0 bridgehead atoms. The van der Waals surface area contributed by atoms with E-state index in [0.717, 1.165) is 6.54 Å². The Bertz CT molecular complexity index is 296. The van der Waals surface area contributed by atoms with Crippen molar-refractivity contribution in [3.05, 3.63) is 37.1 Å². The van der Waals surface area contributed by atoms with Gasteiger partial charge in [-0.3, -0.25) is 0 Å². The summed E-state index contributed by atoms with van der Waals surface area (Å²) in [5.41, 5.74) is 0. The zero-order chi connectivity index (χ0) is 14.5. The number of hydrogen-bond acceptors (Lipinski definition) is 1. The van der Waals surface area contributed by atoms with Crippen LogP contribution in [0, 0.1) is 0 Å². The maximum absolute atomic E-state index is 3.91. The second kappa shape index (κ2) is 14.3. The summed E-state index contributed by atoms with van der Waals surface area (Å²) >= 11 is 0. The summed E-state index contributed by atoms with van der Waals surface area (Å²) in [4.78, 5) is 2.39. The van der Waals surface area contributed by atoms with Crippen LogP contribution in [-0.2, 0) is 0 Å².